The van der Waals surface area contributed by atoms with Crippen LogP contribution in [0.5, 0.6) is 0 Å². The van der Waals surface area contributed by atoms with Crippen LogP contribution in [-0.2, 0) is 0 Å². The first kappa shape index (κ1) is 13.7. The van der Waals surface area contributed by atoms with E-state index in [1.807, 2.05) is 0 Å². The summed E-state index contributed by atoms with van der Waals surface area (Å²) in [5.74, 6) is 1.97. The third kappa shape index (κ3) is 2.31. The topological polar surface area (TPSA) is 6.48 Å². The molecule has 1 aromatic carbocycles. The van der Waals surface area contributed by atoms with E-state index in [1.54, 1.807) is 11.3 Å². The second-order valence-corrected chi connectivity index (χ2v) is 7.88. The minimum Gasteiger partial charge on any atom is -0.367 e. The molecule has 3 heterocycles. The molecule has 1 fully saturated rings. The highest BCUT2D eigenvalue weighted by Crippen LogP contribution is 2.50. The first-order chi connectivity index (χ1) is 10.2. The minimum atomic E-state index is 0.701. The molecule has 0 radical (unpaired) electrons. The average Bonchev–Trinajstić information content (AvgIpc) is 2.63. The Morgan fingerprint density at radius 1 is 1.38 bits per heavy atom. The zero-order valence-corrected chi connectivity index (χ0v) is 13.7. The predicted molar refractivity (Wildman–Crippen MR) is 91.5 cm³/mol. The fraction of sp³-hybridized carbons (Fsp3) is 0.556. The first-order valence-corrected chi connectivity index (χ1v) is 9.11. The van der Waals surface area contributed by atoms with Gasteiger partial charge >= 0.3 is 0 Å². The lowest BCUT2D eigenvalue weighted by Gasteiger charge is -2.39. The summed E-state index contributed by atoms with van der Waals surface area (Å²) in [5.41, 5.74) is 4.47. The molecule has 0 saturated carbocycles. The minimum absolute atomic E-state index is 0.701. The Balaban J connectivity index is 1.68. The van der Waals surface area contributed by atoms with Crippen molar-refractivity contribution >= 4 is 17.4 Å². The number of rotatable bonds is 2. The highest BCUT2D eigenvalue weighted by molar-refractivity contribution is 7.99. The molecule has 3 heteroatoms. The van der Waals surface area contributed by atoms with Gasteiger partial charge in [-0.05, 0) is 37.1 Å². The van der Waals surface area contributed by atoms with Crippen molar-refractivity contribution in [2.45, 2.75) is 36.6 Å². The van der Waals surface area contributed by atoms with E-state index in [4.69, 9.17) is 0 Å². The van der Waals surface area contributed by atoms with E-state index in [1.165, 1.54) is 48.7 Å². The molecule has 0 bridgehead atoms. The molecular weight excluding hydrogens is 276 g/mol. The normalized spacial score (nSPS) is 28.0. The van der Waals surface area contributed by atoms with Crippen molar-refractivity contribution < 1.29 is 0 Å². The first-order valence-electron chi connectivity index (χ1n) is 8.13. The van der Waals surface area contributed by atoms with Crippen molar-refractivity contribution in [1.29, 1.82) is 0 Å². The quantitative estimate of drug-likeness (QED) is 0.768. The van der Waals surface area contributed by atoms with E-state index < -0.39 is 0 Å². The van der Waals surface area contributed by atoms with Gasteiger partial charge < -0.3 is 4.90 Å². The number of likely N-dealkylation sites (tertiary alicyclic amines) is 1. The molecule has 21 heavy (non-hydrogen) atoms. The van der Waals surface area contributed by atoms with Gasteiger partial charge in [0.15, 0.2) is 0 Å². The van der Waals surface area contributed by atoms with Gasteiger partial charge in [0.25, 0.3) is 0 Å². The Morgan fingerprint density at radius 2 is 2.29 bits per heavy atom. The zero-order chi connectivity index (χ0) is 14.4. The molecule has 0 aromatic heterocycles. The maximum atomic E-state index is 4.09. The average molecular weight is 300 g/mol. The van der Waals surface area contributed by atoms with Crippen molar-refractivity contribution in [1.82, 2.24) is 4.90 Å². The Labute approximate surface area is 132 Å². The molecule has 0 spiro atoms. The number of benzene rings is 1. The summed E-state index contributed by atoms with van der Waals surface area (Å²) in [7, 11) is 0. The van der Waals surface area contributed by atoms with Crippen LogP contribution in [0.2, 0.25) is 0 Å². The van der Waals surface area contributed by atoms with E-state index in [9.17, 15) is 0 Å². The maximum absolute atomic E-state index is 4.09. The predicted octanol–water partition coefficient (Wildman–Crippen LogP) is 3.74. The molecule has 3 aliphatic heterocycles. The summed E-state index contributed by atoms with van der Waals surface area (Å²) in [6.07, 6.45) is 2.62. The van der Waals surface area contributed by atoms with E-state index in [0.29, 0.717) is 5.92 Å². The lowest BCUT2D eigenvalue weighted by atomic mass is 9.89. The van der Waals surface area contributed by atoms with Crippen LogP contribution in [-0.4, -0.2) is 42.9 Å². The Kier molecular flexibility index (Phi) is 3.50. The largest absolute Gasteiger partial charge is 0.367 e. The van der Waals surface area contributed by atoms with E-state index in [0.717, 1.165) is 12.6 Å². The summed E-state index contributed by atoms with van der Waals surface area (Å²) in [5, 5.41) is 0. The number of hydrogen-bond acceptors (Lipinski definition) is 3. The van der Waals surface area contributed by atoms with Crippen molar-refractivity contribution in [2.24, 2.45) is 0 Å². The molecule has 2 unspecified atom stereocenters. The number of fused-ring (bicyclic) bond motifs is 3. The van der Waals surface area contributed by atoms with E-state index >= 15 is 0 Å². The van der Waals surface area contributed by atoms with E-state index in [-0.39, 0.29) is 0 Å². The van der Waals surface area contributed by atoms with Crippen molar-refractivity contribution in [3.8, 4) is 0 Å². The number of thioether (sulfide) groups is 1. The van der Waals surface area contributed by atoms with Gasteiger partial charge in [-0.15, -0.1) is 11.8 Å². The molecule has 0 amide bonds. The summed E-state index contributed by atoms with van der Waals surface area (Å²) < 4.78 is 0. The SMILES string of the molecule is C=C(C)CN1CCC2C(C1)c1cccc3c1N2CCCS3. The second-order valence-electron chi connectivity index (χ2n) is 6.74. The molecule has 112 valence electrons. The number of hydrogen-bond donors (Lipinski definition) is 0. The third-order valence-corrected chi connectivity index (χ3v) is 6.21. The molecule has 2 nitrogen and oxygen atoms in total. The Bertz CT molecular complexity index is 568. The van der Waals surface area contributed by atoms with Crippen LogP contribution in [0.3, 0.4) is 0 Å². The van der Waals surface area contributed by atoms with Crippen LogP contribution in [0.1, 0.15) is 31.2 Å². The van der Waals surface area contributed by atoms with Crippen LogP contribution < -0.4 is 4.90 Å². The number of para-hydroxylation sites is 1. The zero-order valence-electron chi connectivity index (χ0n) is 12.8. The number of piperidine rings is 1. The highest BCUT2D eigenvalue weighted by atomic mass is 32.2. The second kappa shape index (κ2) is 5.36. The molecule has 0 aliphatic carbocycles. The van der Waals surface area contributed by atoms with Crippen LogP contribution in [0.4, 0.5) is 5.69 Å². The summed E-state index contributed by atoms with van der Waals surface area (Å²) in [4.78, 5) is 6.86. The Hall–Kier alpha value is -0.930. The monoisotopic (exact) mass is 300 g/mol. The summed E-state index contributed by atoms with van der Waals surface area (Å²) in [6.45, 7) is 11.0. The lowest BCUT2D eigenvalue weighted by molar-refractivity contribution is 0.207. The van der Waals surface area contributed by atoms with Gasteiger partial charge in [0.1, 0.15) is 0 Å². The van der Waals surface area contributed by atoms with Gasteiger partial charge in [0, 0.05) is 43.0 Å². The van der Waals surface area contributed by atoms with Crippen LogP contribution in [0.25, 0.3) is 0 Å². The fourth-order valence-electron chi connectivity index (χ4n) is 4.33. The van der Waals surface area contributed by atoms with Crippen molar-refractivity contribution in [3.63, 3.8) is 0 Å². The third-order valence-electron chi connectivity index (χ3n) is 5.07. The van der Waals surface area contributed by atoms with Crippen LogP contribution in [0.15, 0.2) is 35.2 Å². The van der Waals surface area contributed by atoms with Gasteiger partial charge in [-0.3, -0.25) is 4.90 Å². The summed E-state index contributed by atoms with van der Waals surface area (Å²) in [6, 6.07) is 7.71. The standard InChI is InChI=1S/C18H24N2S/c1-13(2)11-19-9-7-16-15(12-19)14-5-3-6-17-18(14)20(16)8-4-10-21-17/h3,5-6,15-16H,1,4,7-12H2,2H3. The lowest BCUT2D eigenvalue weighted by Crippen LogP contribution is -2.46. The van der Waals surface area contributed by atoms with Crippen LogP contribution in [0, 0.1) is 0 Å². The summed E-state index contributed by atoms with van der Waals surface area (Å²) >= 11 is 2.05. The number of nitrogens with zero attached hydrogens (tertiary/aromatic N) is 2. The molecular formula is C18H24N2S. The molecule has 1 aromatic rings. The smallest absolute Gasteiger partial charge is 0.0543 e. The molecule has 0 N–H and O–H groups in total. The van der Waals surface area contributed by atoms with Crippen molar-refractivity contribution in [3.05, 3.63) is 35.9 Å². The van der Waals surface area contributed by atoms with Crippen LogP contribution >= 0.6 is 11.8 Å². The van der Waals surface area contributed by atoms with Gasteiger partial charge in [-0.1, -0.05) is 24.3 Å². The molecule has 3 aliphatic rings. The van der Waals surface area contributed by atoms with Crippen molar-refractivity contribution in [2.75, 3.05) is 36.8 Å². The van der Waals surface area contributed by atoms with Gasteiger partial charge in [-0.25, -0.2) is 0 Å². The number of anilines is 1. The van der Waals surface area contributed by atoms with E-state index in [2.05, 4.69) is 53.3 Å². The molecule has 4 rings (SSSR count). The van der Waals surface area contributed by atoms with Gasteiger partial charge in [0.2, 0.25) is 0 Å². The highest BCUT2D eigenvalue weighted by Gasteiger charge is 2.43. The van der Waals surface area contributed by atoms with Gasteiger partial charge in [-0.2, -0.15) is 0 Å². The fourth-order valence-corrected chi connectivity index (χ4v) is 5.37. The molecule has 2 atom stereocenters. The Morgan fingerprint density at radius 3 is 3.14 bits per heavy atom. The maximum Gasteiger partial charge on any atom is 0.0543 e. The molecule has 1 saturated heterocycles. The van der Waals surface area contributed by atoms with Gasteiger partial charge in [0.05, 0.1) is 5.69 Å².